The summed E-state index contributed by atoms with van der Waals surface area (Å²) >= 11 is 0. The number of aliphatic hydroxyl groups excluding tert-OH is 1. The van der Waals surface area contributed by atoms with Gasteiger partial charge in [0.25, 0.3) is 0 Å². The van der Waals surface area contributed by atoms with Crippen molar-refractivity contribution in [2.75, 3.05) is 0 Å². The van der Waals surface area contributed by atoms with Crippen LogP contribution in [0.3, 0.4) is 0 Å². The molecule has 2 saturated heterocycles. The molecule has 3 aliphatic rings. The van der Waals surface area contributed by atoms with E-state index in [2.05, 4.69) is 0 Å². The maximum absolute atomic E-state index is 11.9. The Morgan fingerprint density at radius 3 is 2.35 bits per heavy atom. The Morgan fingerprint density at radius 2 is 1.94 bits per heavy atom. The molecule has 0 spiro atoms. The average molecular weight is 243 g/mol. The summed E-state index contributed by atoms with van der Waals surface area (Å²) in [7, 11) is 0. The standard InChI is InChI=1S/C11H17NO5/c1-11(2,3)17-10(16)12-6-4-5(8(6)13)7(12)9(14)15/h5-8,13H,4H2,1-3H3,(H,14,15)/t5-,6+,7-,8-/m1/s1. The lowest BCUT2D eigenvalue weighted by molar-refractivity contribution is -0.142. The number of amides is 1. The van der Waals surface area contributed by atoms with Crippen molar-refractivity contribution in [3.05, 3.63) is 0 Å². The molecule has 4 atom stereocenters. The quantitative estimate of drug-likeness (QED) is 0.697. The highest BCUT2D eigenvalue weighted by Crippen LogP contribution is 2.46. The molecule has 1 amide bonds. The lowest BCUT2D eigenvalue weighted by Crippen LogP contribution is -2.47. The number of rotatable bonds is 1. The molecule has 17 heavy (non-hydrogen) atoms. The molecule has 0 aromatic heterocycles. The molecule has 2 heterocycles. The summed E-state index contributed by atoms with van der Waals surface area (Å²) in [4.78, 5) is 24.2. The van der Waals surface area contributed by atoms with Crippen molar-refractivity contribution >= 4 is 12.1 Å². The van der Waals surface area contributed by atoms with E-state index in [1.54, 1.807) is 20.8 Å². The molecule has 1 aliphatic carbocycles. The normalized spacial score (nSPS) is 35.4. The monoisotopic (exact) mass is 243 g/mol. The summed E-state index contributed by atoms with van der Waals surface area (Å²) in [5.74, 6) is -1.44. The van der Waals surface area contributed by atoms with Crippen molar-refractivity contribution in [2.24, 2.45) is 5.92 Å². The molecule has 0 aromatic carbocycles. The van der Waals surface area contributed by atoms with Crippen LogP contribution >= 0.6 is 0 Å². The van der Waals surface area contributed by atoms with E-state index < -0.39 is 35.9 Å². The van der Waals surface area contributed by atoms with E-state index in [9.17, 15) is 14.7 Å². The van der Waals surface area contributed by atoms with Gasteiger partial charge in [-0.3, -0.25) is 4.90 Å². The first-order valence-electron chi connectivity index (χ1n) is 5.64. The minimum Gasteiger partial charge on any atom is -0.480 e. The summed E-state index contributed by atoms with van der Waals surface area (Å²) in [5, 5.41) is 18.8. The number of fused-ring (bicyclic) bond motifs is 1. The minimum absolute atomic E-state index is 0.356. The van der Waals surface area contributed by atoms with Crippen molar-refractivity contribution in [3.8, 4) is 0 Å². The zero-order valence-electron chi connectivity index (χ0n) is 10.1. The van der Waals surface area contributed by atoms with Gasteiger partial charge in [-0.05, 0) is 27.2 Å². The highest BCUT2D eigenvalue weighted by atomic mass is 16.6. The highest BCUT2D eigenvalue weighted by molar-refractivity contribution is 5.83. The van der Waals surface area contributed by atoms with E-state index in [1.165, 1.54) is 4.90 Å². The van der Waals surface area contributed by atoms with Crippen LogP contribution in [0.5, 0.6) is 0 Å². The number of hydrogen-bond acceptors (Lipinski definition) is 4. The molecule has 2 aliphatic heterocycles. The molecule has 2 bridgehead atoms. The number of aliphatic carboxylic acids is 1. The number of carboxylic acid groups (broad SMARTS) is 1. The average Bonchev–Trinajstić information content (AvgIpc) is 2.66. The van der Waals surface area contributed by atoms with Gasteiger partial charge in [-0.2, -0.15) is 0 Å². The third-order valence-corrected chi connectivity index (χ3v) is 3.27. The van der Waals surface area contributed by atoms with Gasteiger partial charge in [0, 0.05) is 5.92 Å². The molecule has 1 saturated carbocycles. The molecule has 6 nitrogen and oxygen atoms in total. The Balaban J connectivity index is 2.15. The molecule has 0 radical (unpaired) electrons. The molecule has 0 unspecified atom stereocenters. The van der Waals surface area contributed by atoms with Crippen LogP contribution in [0.2, 0.25) is 0 Å². The molecule has 0 aromatic rings. The summed E-state index contributed by atoms with van der Waals surface area (Å²) in [6, 6.07) is -1.36. The van der Waals surface area contributed by atoms with Crippen LogP contribution in [0.15, 0.2) is 0 Å². The topological polar surface area (TPSA) is 87.1 Å². The first-order chi connectivity index (χ1) is 7.72. The van der Waals surface area contributed by atoms with Crippen molar-refractivity contribution in [3.63, 3.8) is 0 Å². The SMILES string of the molecule is CC(C)(C)OC(=O)N1[C@H]2C[C@@H]([C@H]2O)[C@@H]1C(=O)O. The Kier molecular flexibility index (Phi) is 2.57. The molecule has 96 valence electrons. The zero-order chi connectivity index (χ0) is 13.0. The predicted molar refractivity (Wildman–Crippen MR) is 57.4 cm³/mol. The predicted octanol–water partition coefficient (Wildman–Crippen LogP) is 0.440. The van der Waals surface area contributed by atoms with Gasteiger partial charge in [-0.1, -0.05) is 0 Å². The van der Waals surface area contributed by atoms with Gasteiger partial charge in [-0.15, -0.1) is 0 Å². The second-order valence-electron chi connectivity index (χ2n) is 5.63. The number of aliphatic hydroxyl groups is 1. The first kappa shape index (κ1) is 12.2. The second-order valence-corrected chi connectivity index (χ2v) is 5.63. The van der Waals surface area contributed by atoms with E-state index in [4.69, 9.17) is 9.84 Å². The van der Waals surface area contributed by atoms with Crippen LogP contribution < -0.4 is 0 Å². The van der Waals surface area contributed by atoms with E-state index in [1.807, 2.05) is 0 Å². The summed E-state index contributed by atoms with van der Waals surface area (Å²) in [6.45, 7) is 5.16. The van der Waals surface area contributed by atoms with Crippen LogP contribution in [-0.2, 0) is 9.53 Å². The fourth-order valence-electron chi connectivity index (χ4n) is 2.52. The van der Waals surface area contributed by atoms with E-state index in [0.29, 0.717) is 6.42 Å². The largest absolute Gasteiger partial charge is 0.480 e. The third-order valence-electron chi connectivity index (χ3n) is 3.27. The molecule has 2 N–H and O–H groups in total. The fraction of sp³-hybridized carbons (Fsp3) is 0.818. The van der Waals surface area contributed by atoms with Crippen molar-refractivity contribution in [2.45, 2.75) is 51.0 Å². The Bertz CT molecular complexity index is 361. The zero-order valence-corrected chi connectivity index (χ0v) is 10.1. The van der Waals surface area contributed by atoms with Gasteiger partial charge in [0.15, 0.2) is 0 Å². The van der Waals surface area contributed by atoms with Crippen molar-refractivity contribution in [1.29, 1.82) is 0 Å². The number of hydrogen-bond donors (Lipinski definition) is 2. The maximum atomic E-state index is 11.9. The maximum Gasteiger partial charge on any atom is 0.411 e. The fourth-order valence-corrected chi connectivity index (χ4v) is 2.52. The minimum atomic E-state index is -1.08. The highest BCUT2D eigenvalue weighted by Gasteiger charge is 2.63. The summed E-state index contributed by atoms with van der Waals surface area (Å²) in [5.41, 5.74) is -0.669. The van der Waals surface area contributed by atoms with Gasteiger partial charge < -0.3 is 14.9 Å². The third kappa shape index (κ3) is 1.86. The van der Waals surface area contributed by atoms with Gasteiger partial charge >= 0.3 is 12.1 Å². The van der Waals surface area contributed by atoms with E-state index >= 15 is 0 Å². The van der Waals surface area contributed by atoms with Crippen LogP contribution in [0, 0.1) is 5.92 Å². The number of ether oxygens (including phenoxy) is 1. The van der Waals surface area contributed by atoms with E-state index in [-0.39, 0.29) is 5.92 Å². The molecular weight excluding hydrogens is 226 g/mol. The van der Waals surface area contributed by atoms with Crippen molar-refractivity contribution < 1.29 is 24.5 Å². The van der Waals surface area contributed by atoms with Crippen LogP contribution in [0.1, 0.15) is 27.2 Å². The Labute approximate surface area is 99.2 Å². The van der Waals surface area contributed by atoms with Gasteiger partial charge in [0.05, 0.1) is 12.1 Å². The lowest BCUT2D eigenvalue weighted by atomic mass is 9.79. The van der Waals surface area contributed by atoms with Gasteiger partial charge in [0.1, 0.15) is 11.6 Å². The number of carbonyl (C=O) groups excluding carboxylic acids is 1. The van der Waals surface area contributed by atoms with Crippen LogP contribution in [0.25, 0.3) is 0 Å². The van der Waals surface area contributed by atoms with Gasteiger partial charge in [0.2, 0.25) is 0 Å². The molecule has 6 heteroatoms. The first-order valence-corrected chi connectivity index (χ1v) is 5.64. The Hall–Kier alpha value is -1.30. The van der Waals surface area contributed by atoms with Gasteiger partial charge in [-0.25, -0.2) is 9.59 Å². The molecular formula is C11H17NO5. The number of carboxylic acids is 1. The number of nitrogens with zero attached hydrogens (tertiary/aromatic N) is 1. The second kappa shape index (κ2) is 3.60. The molecule has 3 rings (SSSR count). The molecule has 3 fully saturated rings. The Morgan fingerprint density at radius 1 is 1.35 bits per heavy atom. The van der Waals surface area contributed by atoms with Crippen molar-refractivity contribution in [1.82, 2.24) is 4.90 Å². The number of carbonyl (C=O) groups is 2. The summed E-state index contributed by atoms with van der Waals surface area (Å²) in [6.07, 6.45) is -0.852. The van der Waals surface area contributed by atoms with Crippen LogP contribution in [0.4, 0.5) is 4.79 Å². The van der Waals surface area contributed by atoms with Crippen LogP contribution in [-0.4, -0.2) is 51.0 Å². The van der Waals surface area contributed by atoms with E-state index in [0.717, 1.165) is 0 Å². The smallest absolute Gasteiger partial charge is 0.411 e. The lowest BCUT2D eigenvalue weighted by Gasteiger charge is -2.32. The summed E-state index contributed by atoms with van der Waals surface area (Å²) < 4.78 is 5.16.